The number of aliphatic hydroxyl groups excluding tert-OH is 1. The third-order valence-corrected chi connectivity index (χ3v) is 2.76. The van der Waals surface area contributed by atoms with Crippen LogP contribution in [-0.4, -0.2) is 48.2 Å². The van der Waals surface area contributed by atoms with Crippen molar-refractivity contribution in [3.05, 3.63) is 0 Å². The van der Waals surface area contributed by atoms with Crippen molar-refractivity contribution in [2.24, 2.45) is 5.92 Å². The SMILES string of the molecule is C#CCNCC(=O)N1CCC(C(C)O)C1. The second-order valence-corrected chi connectivity index (χ2v) is 3.94. The second kappa shape index (κ2) is 5.74. The van der Waals surface area contributed by atoms with Gasteiger partial charge >= 0.3 is 0 Å². The Kier molecular flexibility index (Phi) is 4.60. The first-order chi connectivity index (χ1) is 7.15. The van der Waals surface area contributed by atoms with Crippen LogP contribution in [0.25, 0.3) is 0 Å². The molecular weight excluding hydrogens is 192 g/mol. The average Bonchev–Trinajstić information content (AvgIpc) is 2.66. The third-order valence-electron chi connectivity index (χ3n) is 2.76. The Morgan fingerprint density at radius 1 is 1.80 bits per heavy atom. The van der Waals surface area contributed by atoms with E-state index in [2.05, 4.69) is 11.2 Å². The van der Waals surface area contributed by atoms with E-state index in [0.717, 1.165) is 13.0 Å². The van der Waals surface area contributed by atoms with Crippen LogP contribution in [0.4, 0.5) is 0 Å². The highest BCUT2D eigenvalue weighted by atomic mass is 16.3. The molecule has 1 amide bonds. The molecule has 0 bridgehead atoms. The number of aliphatic hydroxyl groups is 1. The lowest BCUT2D eigenvalue weighted by atomic mass is 10.0. The van der Waals surface area contributed by atoms with Crippen molar-refractivity contribution >= 4 is 5.91 Å². The Labute approximate surface area is 90.6 Å². The van der Waals surface area contributed by atoms with Gasteiger partial charge in [0.15, 0.2) is 0 Å². The minimum Gasteiger partial charge on any atom is -0.393 e. The van der Waals surface area contributed by atoms with Crippen molar-refractivity contribution < 1.29 is 9.90 Å². The van der Waals surface area contributed by atoms with Crippen LogP contribution in [0.2, 0.25) is 0 Å². The lowest BCUT2D eigenvalue weighted by molar-refractivity contribution is -0.129. The van der Waals surface area contributed by atoms with Crippen LogP contribution in [0.15, 0.2) is 0 Å². The van der Waals surface area contributed by atoms with E-state index in [0.29, 0.717) is 13.1 Å². The molecule has 0 spiro atoms. The van der Waals surface area contributed by atoms with Gasteiger partial charge in [-0.15, -0.1) is 6.42 Å². The van der Waals surface area contributed by atoms with E-state index in [4.69, 9.17) is 6.42 Å². The molecule has 0 aromatic carbocycles. The summed E-state index contributed by atoms with van der Waals surface area (Å²) in [5.74, 6) is 2.71. The summed E-state index contributed by atoms with van der Waals surface area (Å²) in [6, 6.07) is 0. The van der Waals surface area contributed by atoms with E-state index >= 15 is 0 Å². The van der Waals surface area contributed by atoms with Crippen LogP contribution in [0.3, 0.4) is 0 Å². The summed E-state index contributed by atoms with van der Waals surface area (Å²) in [7, 11) is 0. The van der Waals surface area contributed by atoms with Crippen LogP contribution in [0, 0.1) is 18.3 Å². The summed E-state index contributed by atoms with van der Waals surface area (Å²) in [6.45, 7) is 3.88. The number of hydrogen-bond acceptors (Lipinski definition) is 3. The maximum atomic E-state index is 11.6. The molecule has 0 radical (unpaired) electrons. The Balaban J connectivity index is 2.28. The molecule has 0 saturated carbocycles. The molecule has 1 fully saturated rings. The largest absolute Gasteiger partial charge is 0.393 e. The van der Waals surface area contributed by atoms with Crippen molar-refractivity contribution in [1.29, 1.82) is 0 Å². The number of rotatable bonds is 4. The highest BCUT2D eigenvalue weighted by molar-refractivity contribution is 5.78. The van der Waals surface area contributed by atoms with Crippen LogP contribution in [0.1, 0.15) is 13.3 Å². The highest BCUT2D eigenvalue weighted by Gasteiger charge is 2.28. The van der Waals surface area contributed by atoms with Crippen LogP contribution in [0.5, 0.6) is 0 Å². The van der Waals surface area contributed by atoms with Gasteiger partial charge in [0, 0.05) is 19.0 Å². The Morgan fingerprint density at radius 3 is 3.07 bits per heavy atom. The lowest BCUT2D eigenvalue weighted by Crippen LogP contribution is -2.37. The first-order valence-electron chi connectivity index (χ1n) is 5.25. The van der Waals surface area contributed by atoms with E-state index < -0.39 is 0 Å². The van der Waals surface area contributed by atoms with Gasteiger partial charge < -0.3 is 10.0 Å². The molecule has 15 heavy (non-hydrogen) atoms. The summed E-state index contributed by atoms with van der Waals surface area (Å²) in [4.78, 5) is 13.4. The molecule has 1 aliphatic rings. The fourth-order valence-electron chi connectivity index (χ4n) is 1.76. The summed E-state index contributed by atoms with van der Waals surface area (Å²) >= 11 is 0. The first kappa shape index (κ1) is 12.0. The van der Waals surface area contributed by atoms with Crippen molar-refractivity contribution in [1.82, 2.24) is 10.2 Å². The van der Waals surface area contributed by atoms with Gasteiger partial charge in [0.25, 0.3) is 0 Å². The summed E-state index contributed by atoms with van der Waals surface area (Å²) < 4.78 is 0. The quantitative estimate of drug-likeness (QED) is 0.483. The van der Waals surface area contributed by atoms with Gasteiger partial charge in [-0.05, 0) is 13.3 Å². The average molecular weight is 210 g/mol. The first-order valence-corrected chi connectivity index (χ1v) is 5.25. The molecule has 1 saturated heterocycles. The minimum absolute atomic E-state index is 0.0633. The molecule has 84 valence electrons. The van der Waals surface area contributed by atoms with Gasteiger partial charge in [-0.2, -0.15) is 0 Å². The molecule has 0 aromatic rings. The maximum Gasteiger partial charge on any atom is 0.236 e. The molecule has 1 rings (SSSR count). The van der Waals surface area contributed by atoms with Crippen molar-refractivity contribution in [2.45, 2.75) is 19.4 Å². The fourth-order valence-corrected chi connectivity index (χ4v) is 1.76. The van der Waals surface area contributed by atoms with Crippen molar-refractivity contribution in [3.8, 4) is 12.3 Å². The molecule has 1 aliphatic heterocycles. The highest BCUT2D eigenvalue weighted by Crippen LogP contribution is 2.19. The molecular formula is C11H18N2O2. The number of likely N-dealkylation sites (tertiary alicyclic amines) is 1. The Hall–Kier alpha value is -1.05. The predicted octanol–water partition coefficient (Wildman–Crippen LogP) is -0.561. The van der Waals surface area contributed by atoms with Gasteiger partial charge in [-0.3, -0.25) is 10.1 Å². The molecule has 0 aliphatic carbocycles. The van der Waals surface area contributed by atoms with E-state index in [-0.39, 0.29) is 24.5 Å². The summed E-state index contributed by atoms with van der Waals surface area (Å²) in [5, 5.41) is 12.3. The number of carbonyl (C=O) groups is 1. The third kappa shape index (κ3) is 3.54. The molecule has 2 atom stereocenters. The van der Waals surface area contributed by atoms with E-state index in [1.807, 2.05) is 0 Å². The van der Waals surface area contributed by atoms with Crippen LogP contribution >= 0.6 is 0 Å². The van der Waals surface area contributed by atoms with Gasteiger partial charge in [0.2, 0.25) is 5.91 Å². The Morgan fingerprint density at radius 2 is 2.53 bits per heavy atom. The molecule has 0 aromatic heterocycles. The van der Waals surface area contributed by atoms with Gasteiger partial charge in [-0.25, -0.2) is 0 Å². The summed E-state index contributed by atoms with van der Waals surface area (Å²) in [5.41, 5.74) is 0. The zero-order valence-electron chi connectivity index (χ0n) is 9.07. The van der Waals surface area contributed by atoms with E-state index in [9.17, 15) is 9.90 Å². The molecule has 2 unspecified atom stereocenters. The number of terminal acetylenes is 1. The number of nitrogens with one attached hydrogen (secondary N) is 1. The topological polar surface area (TPSA) is 52.6 Å². The van der Waals surface area contributed by atoms with E-state index in [1.54, 1.807) is 11.8 Å². The number of hydrogen-bond donors (Lipinski definition) is 2. The fraction of sp³-hybridized carbons (Fsp3) is 0.727. The van der Waals surface area contributed by atoms with Crippen molar-refractivity contribution in [2.75, 3.05) is 26.2 Å². The molecule has 4 nitrogen and oxygen atoms in total. The smallest absolute Gasteiger partial charge is 0.236 e. The molecule has 4 heteroatoms. The number of amides is 1. The van der Waals surface area contributed by atoms with E-state index in [1.165, 1.54) is 0 Å². The van der Waals surface area contributed by atoms with Gasteiger partial charge in [0.05, 0.1) is 19.2 Å². The zero-order chi connectivity index (χ0) is 11.3. The van der Waals surface area contributed by atoms with Gasteiger partial charge in [-0.1, -0.05) is 5.92 Å². The normalized spacial score (nSPS) is 22.5. The van der Waals surface area contributed by atoms with Crippen LogP contribution < -0.4 is 5.32 Å². The maximum absolute atomic E-state index is 11.6. The standard InChI is InChI=1S/C11H18N2O2/c1-3-5-12-7-11(15)13-6-4-10(8-13)9(2)14/h1,9-10,12,14H,4-8H2,2H3. The zero-order valence-corrected chi connectivity index (χ0v) is 9.07. The second-order valence-electron chi connectivity index (χ2n) is 3.94. The van der Waals surface area contributed by atoms with Crippen molar-refractivity contribution in [3.63, 3.8) is 0 Å². The lowest BCUT2D eigenvalue weighted by Gasteiger charge is -2.17. The number of nitrogens with zero attached hydrogens (tertiary/aromatic N) is 1. The minimum atomic E-state index is -0.332. The molecule has 2 N–H and O–H groups in total. The monoisotopic (exact) mass is 210 g/mol. The Bertz CT molecular complexity index is 258. The molecule has 1 heterocycles. The predicted molar refractivity (Wildman–Crippen MR) is 58.1 cm³/mol. The summed E-state index contributed by atoms with van der Waals surface area (Å²) in [6.07, 6.45) is 5.61. The van der Waals surface area contributed by atoms with Crippen LogP contribution in [-0.2, 0) is 4.79 Å². The number of carbonyl (C=O) groups excluding carboxylic acids is 1. The van der Waals surface area contributed by atoms with Gasteiger partial charge in [0.1, 0.15) is 0 Å².